The van der Waals surface area contributed by atoms with Crippen LogP contribution in [0.1, 0.15) is 41.3 Å². The summed E-state index contributed by atoms with van der Waals surface area (Å²) in [5.74, 6) is 1.05. The van der Waals surface area contributed by atoms with Crippen LogP contribution in [0.3, 0.4) is 0 Å². The number of Topliss-reactive ketones (excluding diaryl/α,β-unsaturated/α-hetero) is 1. The molecule has 0 aliphatic rings. The Hall–Kier alpha value is -2.62. The third-order valence-electron chi connectivity index (χ3n) is 3.83. The molecule has 0 saturated carbocycles. The van der Waals surface area contributed by atoms with Crippen LogP contribution in [0.15, 0.2) is 42.5 Å². The highest BCUT2D eigenvalue weighted by Gasteiger charge is 2.08. The molecule has 24 heavy (non-hydrogen) atoms. The predicted molar refractivity (Wildman–Crippen MR) is 92.7 cm³/mol. The smallest absolute Gasteiger partial charge is 0.311 e. The summed E-state index contributed by atoms with van der Waals surface area (Å²) in [5.41, 5.74) is 2.73. The van der Waals surface area contributed by atoms with Crippen LogP contribution in [0.5, 0.6) is 11.5 Å². The maximum atomic E-state index is 11.9. The van der Waals surface area contributed by atoms with Crippen LogP contribution in [0, 0.1) is 13.8 Å². The number of carbonyl (C=O) groups is 2. The lowest BCUT2D eigenvalue weighted by Gasteiger charge is -2.09. The van der Waals surface area contributed by atoms with Crippen molar-refractivity contribution in [3.05, 3.63) is 59.2 Å². The summed E-state index contributed by atoms with van der Waals surface area (Å²) in [6.07, 6.45) is 0.858. The third-order valence-corrected chi connectivity index (χ3v) is 3.83. The molecule has 0 N–H and O–H groups in total. The van der Waals surface area contributed by atoms with Gasteiger partial charge in [-0.2, -0.15) is 0 Å². The fourth-order valence-corrected chi connectivity index (χ4v) is 2.20. The van der Waals surface area contributed by atoms with Crippen molar-refractivity contribution in [2.24, 2.45) is 0 Å². The van der Waals surface area contributed by atoms with Gasteiger partial charge in [-0.25, -0.2) is 0 Å². The van der Waals surface area contributed by atoms with E-state index in [9.17, 15) is 9.59 Å². The van der Waals surface area contributed by atoms with Crippen molar-refractivity contribution in [2.45, 2.75) is 33.6 Å². The number of ketones is 1. The zero-order valence-corrected chi connectivity index (χ0v) is 14.3. The minimum absolute atomic E-state index is 0.0238. The fourth-order valence-electron chi connectivity index (χ4n) is 2.20. The number of rotatable bonds is 7. The molecule has 0 unspecified atom stereocenters. The summed E-state index contributed by atoms with van der Waals surface area (Å²) in [5, 5.41) is 0. The summed E-state index contributed by atoms with van der Waals surface area (Å²) in [4.78, 5) is 23.1. The molecule has 0 aliphatic heterocycles. The van der Waals surface area contributed by atoms with Gasteiger partial charge in [0, 0.05) is 12.0 Å². The Morgan fingerprint density at radius 2 is 1.71 bits per heavy atom. The molecule has 0 atom stereocenters. The van der Waals surface area contributed by atoms with Crippen molar-refractivity contribution in [3.63, 3.8) is 0 Å². The molecule has 0 bridgehead atoms. The van der Waals surface area contributed by atoms with Gasteiger partial charge in [-0.1, -0.05) is 12.1 Å². The number of esters is 1. The first-order valence-corrected chi connectivity index (χ1v) is 7.98. The molecule has 4 heteroatoms. The van der Waals surface area contributed by atoms with Crippen LogP contribution in [0.2, 0.25) is 0 Å². The molecule has 0 aromatic heterocycles. The minimum Gasteiger partial charge on any atom is -0.494 e. The lowest BCUT2D eigenvalue weighted by Crippen LogP contribution is -2.11. The van der Waals surface area contributed by atoms with Crippen LogP contribution in [-0.2, 0) is 4.79 Å². The quantitative estimate of drug-likeness (QED) is 0.330. The standard InChI is InChI=1S/C20H22O4/c1-14-6-4-7-19(15(14)2)24-20(22)8-5-13-23-18-11-9-17(10-12-18)16(3)21/h4,6-7,9-12H,5,8,13H2,1-3H3. The Morgan fingerprint density at radius 3 is 2.38 bits per heavy atom. The average Bonchev–Trinajstić information content (AvgIpc) is 2.56. The van der Waals surface area contributed by atoms with Gasteiger partial charge in [-0.05, 0) is 68.7 Å². The van der Waals surface area contributed by atoms with Crippen molar-refractivity contribution < 1.29 is 19.1 Å². The highest BCUT2D eigenvalue weighted by atomic mass is 16.5. The number of hydrogen-bond acceptors (Lipinski definition) is 4. The molecule has 0 aliphatic carbocycles. The predicted octanol–water partition coefficient (Wildman–Crippen LogP) is 4.27. The van der Waals surface area contributed by atoms with Crippen LogP contribution in [0.25, 0.3) is 0 Å². The van der Waals surface area contributed by atoms with E-state index < -0.39 is 0 Å². The van der Waals surface area contributed by atoms with Gasteiger partial charge in [0.1, 0.15) is 11.5 Å². The monoisotopic (exact) mass is 326 g/mol. The van der Waals surface area contributed by atoms with Gasteiger partial charge in [0.2, 0.25) is 0 Å². The second-order valence-corrected chi connectivity index (χ2v) is 5.70. The van der Waals surface area contributed by atoms with Gasteiger partial charge in [0.15, 0.2) is 5.78 Å². The third kappa shape index (κ3) is 4.95. The Labute approximate surface area is 142 Å². The van der Waals surface area contributed by atoms with E-state index in [0.29, 0.717) is 36.5 Å². The zero-order chi connectivity index (χ0) is 17.5. The first-order chi connectivity index (χ1) is 11.5. The van der Waals surface area contributed by atoms with Gasteiger partial charge < -0.3 is 9.47 Å². The summed E-state index contributed by atoms with van der Waals surface area (Å²) in [6, 6.07) is 12.6. The Kier molecular flexibility index (Phi) is 6.13. The van der Waals surface area contributed by atoms with E-state index in [1.165, 1.54) is 6.92 Å². The molecule has 4 nitrogen and oxygen atoms in total. The van der Waals surface area contributed by atoms with E-state index in [-0.39, 0.29) is 11.8 Å². The number of carbonyl (C=O) groups excluding carboxylic acids is 2. The van der Waals surface area contributed by atoms with E-state index in [2.05, 4.69) is 0 Å². The Bertz CT molecular complexity index is 717. The van der Waals surface area contributed by atoms with Crippen molar-refractivity contribution in [3.8, 4) is 11.5 Å². The molecule has 0 spiro atoms. The van der Waals surface area contributed by atoms with Crippen molar-refractivity contribution >= 4 is 11.8 Å². The highest BCUT2D eigenvalue weighted by molar-refractivity contribution is 5.94. The van der Waals surface area contributed by atoms with Crippen molar-refractivity contribution in [1.29, 1.82) is 0 Å². The SMILES string of the molecule is CC(=O)c1ccc(OCCCC(=O)Oc2cccc(C)c2C)cc1. The van der Waals surface area contributed by atoms with Gasteiger partial charge in [-0.15, -0.1) is 0 Å². The largest absolute Gasteiger partial charge is 0.494 e. The number of hydrogen-bond donors (Lipinski definition) is 0. The number of ether oxygens (including phenoxy) is 2. The van der Waals surface area contributed by atoms with Gasteiger partial charge in [0.25, 0.3) is 0 Å². The Morgan fingerprint density at radius 1 is 1.00 bits per heavy atom. The molecule has 2 aromatic rings. The summed E-state index contributed by atoms with van der Waals surface area (Å²) in [7, 11) is 0. The normalized spacial score (nSPS) is 10.3. The molecular formula is C20H22O4. The highest BCUT2D eigenvalue weighted by Crippen LogP contribution is 2.21. The molecular weight excluding hydrogens is 304 g/mol. The van der Waals surface area contributed by atoms with E-state index >= 15 is 0 Å². The molecule has 0 heterocycles. The maximum absolute atomic E-state index is 11.9. The van der Waals surface area contributed by atoms with E-state index in [0.717, 1.165) is 11.1 Å². The van der Waals surface area contributed by atoms with E-state index in [4.69, 9.17) is 9.47 Å². The van der Waals surface area contributed by atoms with Gasteiger partial charge in [-0.3, -0.25) is 9.59 Å². The van der Waals surface area contributed by atoms with Gasteiger partial charge in [0.05, 0.1) is 6.61 Å². The molecule has 126 valence electrons. The summed E-state index contributed by atoms with van der Waals surface area (Å²) < 4.78 is 11.0. The van der Waals surface area contributed by atoms with Crippen LogP contribution in [-0.4, -0.2) is 18.4 Å². The lowest BCUT2D eigenvalue weighted by atomic mass is 10.1. The molecule has 0 fully saturated rings. The first-order valence-electron chi connectivity index (χ1n) is 7.98. The van der Waals surface area contributed by atoms with Crippen molar-refractivity contribution in [1.82, 2.24) is 0 Å². The van der Waals surface area contributed by atoms with E-state index in [1.54, 1.807) is 30.3 Å². The first kappa shape index (κ1) is 17.7. The lowest BCUT2D eigenvalue weighted by molar-refractivity contribution is -0.134. The second-order valence-electron chi connectivity index (χ2n) is 5.70. The summed E-state index contributed by atoms with van der Waals surface area (Å²) in [6.45, 7) is 5.86. The molecule has 0 radical (unpaired) electrons. The number of aryl methyl sites for hydroxylation is 1. The molecule has 2 aromatic carbocycles. The Balaban J connectivity index is 1.74. The van der Waals surface area contributed by atoms with Crippen molar-refractivity contribution in [2.75, 3.05) is 6.61 Å². The van der Waals surface area contributed by atoms with Gasteiger partial charge >= 0.3 is 5.97 Å². The topological polar surface area (TPSA) is 52.6 Å². The van der Waals surface area contributed by atoms with Crippen LogP contribution >= 0.6 is 0 Å². The fraction of sp³-hybridized carbons (Fsp3) is 0.300. The van der Waals surface area contributed by atoms with E-state index in [1.807, 2.05) is 26.0 Å². The van der Waals surface area contributed by atoms with Crippen LogP contribution < -0.4 is 9.47 Å². The number of benzene rings is 2. The minimum atomic E-state index is -0.265. The average molecular weight is 326 g/mol. The van der Waals surface area contributed by atoms with Crippen LogP contribution in [0.4, 0.5) is 0 Å². The maximum Gasteiger partial charge on any atom is 0.311 e. The molecule has 0 saturated heterocycles. The summed E-state index contributed by atoms with van der Waals surface area (Å²) >= 11 is 0. The molecule has 0 amide bonds. The molecule has 2 rings (SSSR count). The second kappa shape index (κ2) is 8.29. The zero-order valence-electron chi connectivity index (χ0n) is 14.3.